The first-order valence-corrected chi connectivity index (χ1v) is 5.20. The van der Waals surface area contributed by atoms with Crippen LogP contribution < -0.4 is 0 Å². The van der Waals surface area contributed by atoms with Crippen molar-refractivity contribution in [3.63, 3.8) is 0 Å². The van der Waals surface area contributed by atoms with Crippen LogP contribution in [0.2, 0.25) is 0 Å². The summed E-state index contributed by atoms with van der Waals surface area (Å²) in [6, 6.07) is 0. The smallest absolute Gasteiger partial charge is 0.0642 e. The average Bonchev–Trinajstić information content (AvgIpc) is 2.15. The van der Waals surface area contributed by atoms with E-state index in [4.69, 9.17) is 4.74 Å². The molecule has 0 aromatic rings. The average molecular weight is 183 g/mol. The predicted molar refractivity (Wildman–Crippen MR) is 55.6 cm³/mol. The van der Waals surface area contributed by atoms with Gasteiger partial charge in [0.15, 0.2) is 0 Å². The lowest BCUT2D eigenvalue weighted by Crippen LogP contribution is -2.35. The van der Waals surface area contributed by atoms with E-state index in [0.717, 1.165) is 38.6 Å². The van der Waals surface area contributed by atoms with Crippen LogP contribution in [0.1, 0.15) is 26.7 Å². The number of hydrogen-bond donors (Lipinski definition) is 0. The number of hydrogen-bond acceptors (Lipinski definition) is 2. The van der Waals surface area contributed by atoms with Gasteiger partial charge >= 0.3 is 0 Å². The van der Waals surface area contributed by atoms with Crippen LogP contribution in [0.15, 0.2) is 12.3 Å². The highest BCUT2D eigenvalue weighted by molar-refractivity contribution is 4.94. The fourth-order valence-corrected chi connectivity index (χ4v) is 1.49. The molecule has 2 heteroatoms. The molecule has 0 atom stereocenters. The van der Waals surface area contributed by atoms with Crippen LogP contribution in [0.3, 0.4) is 0 Å². The maximum atomic E-state index is 5.29. The minimum atomic E-state index is 0.776. The molecule has 0 saturated carbocycles. The molecule has 1 heterocycles. The Morgan fingerprint density at radius 2 is 2.00 bits per heavy atom. The Bertz CT molecular complexity index is 159. The number of ether oxygens (including phenoxy) is 1. The van der Waals surface area contributed by atoms with Gasteiger partial charge in [0, 0.05) is 18.8 Å². The molecule has 1 fully saturated rings. The largest absolute Gasteiger partial charge is 0.378 e. The lowest BCUT2D eigenvalue weighted by molar-refractivity contribution is 0.0520. The van der Waals surface area contributed by atoms with Gasteiger partial charge in [-0.2, -0.15) is 0 Å². The molecular weight excluding hydrogens is 162 g/mol. The third-order valence-corrected chi connectivity index (χ3v) is 2.47. The minimum absolute atomic E-state index is 0.776. The molecule has 0 N–H and O–H groups in total. The number of allylic oxidation sites excluding steroid dienone is 1. The Morgan fingerprint density at radius 3 is 2.54 bits per heavy atom. The van der Waals surface area contributed by atoms with E-state index in [0.29, 0.717) is 0 Å². The van der Waals surface area contributed by atoms with Gasteiger partial charge < -0.3 is 9.64 Å². The van der Waals surface area contributed by atoms with Gasteiger partial charge in [0.1, 0.15) is 0 Å². The molecule has 0 amide bonds. The van der Waals surface area contributed by atoms with Crippen molar-refractivity contribution < 1.29 is 4.74 Å². The maximum absolute atomic E-state index is 5.29. The van der Waals surface area contributed by atoms with Gasteiger partial charge in [-0.05, 0) is 18.8 Å². The molecule has 76 valence electrons. The number of nitrogens with zero attached hydrogens (tertiary/aromatic N) is 1. The van der Waals surface area contributed by atoms with E-state index in [1.165, 1.54) is 12.1 Å². The van der Waals surface area contributed by atoms with E-state index in [1.54, 1.807) is 0 Å². The molecular formula is C11H21NO. The van der Waals surface area contributed by atoms with Crippen molar-refractivity contribution in [2.75, 3.05) is 26.3 Å². The van der Waals surface area contributed by atoms with Crippen molar-refractivity contribution in [1.29, 1.82) is 0 Å². The minimum Gasteiger partial charge on any atom is -0.378 e. The van der Waals surface area contributed by atoms with E-state index < -0.39 is 0 Å². The third-order valence-electron chi connectivity index (χ3n) is 2.47. The Morgan fingerprint density at radius 1 is 1.38 bits per heavy atom. The summed E-state index contributed by atoms with van der Waals surface area (Å²) in [5.41, 5.74) is 1.29. The Balaban J connectivity index is 2.21. The SMILES string of the molecule is C=C(CCC(C)C)N1CCOCC1. The molecule has 0 radical (unpaired) electrons. The molecule has 13 heavy (non-hydrogen) atoms. The molecule has 0 aromatic carbocycles. The van der Waals surface area contributed by atoms with E-state index in [2.05, 4.69) is 25.3 Å². The Kier molecular flexibility index (Phi) is 4.29. The first-order chi connectivity index (χ1) is 6.20. The van der Waals surface area contributed by atoms with Crippen molar-refractivity contribution >= 4 is 0 Å². The standard InChI is InChI=1S/C11H21NO/c1-10(2)4-5-11(3)12-6-8-13-9-7-12/h10H,3-9H2,1-2H3. The Labute approximate surface area is 81.6 Å². The summed E-state index contributed by atoms with van der Waals surface area (Å²) in [5.74, 6) is 0.776. The molecule has 0 aliphatic carbocycles. The van der Waals surface area contributed by atoms with Crippen LogP contribution in [-0.4, -0.2) is 31.2 Å². The summed E-state index contributed by atoms with van der Waals surface area (Å²) >= 11 is 0. The quantitative estimate of drug-likeness (QED) is 0.663. The van der Waals surface area contributed by atoms with Crippen molar-refractivity contribution in [3.8, 4) is 0 Å². The van der Waals surface area contributed by atoms with Crippen molar-refractivity contribution in [2.45, 2.75) is 26.7 Å². The zero-order valence-corrected chi connectivity index (χ0v) is 8.88. The topological polar surface area (TPSA) is 12.5 Å². The van der Waals surface area contributed by atoms with Crippen molar-refractivity contribution in [2.24, 2.45) is 5.92 Å². The highest BCUT2D eigenvalue weighted by Gasteiger charge is 2.11. The third kappa shape index (κ3) is 3.81. The van der Waals surface area contributed by atoms with E-state index in [9.17, 15) is 0 Å². The highest BCUT2D eigenvalue weighted by Crippen LogP contribution is 2.14. The summed E-state index contributed by atoms with van der Waals surface area (Å²) in [6.07, 6.45) is 2.38. The molecule has 1 aliphatic heterocycles. The molecule has 1 aliphatic rings. The van der Waals surface area contributed by atoms with E-state index >= 15 is 0 Å². The number of rotatable bonds is 4. The van der Waals surface area contributed by atoms with Gasteiger partial charge in [0.2, 0.25) is 0 Å². The molecule has 0 unspecified atom stereocenters. The van der Waals surface area contributed by atoms with Gasteiger partial charge in [-0.15, -0.1) is 0 Å². The monoisotopic (exact) mass is 183 g/mol. The van der Waals surface area contributed by atoms with Gasteiger partial charge in [-0.3, -0.25) is 0 Å². The summed E-state index contributed by atoms with van der Waals surface area (Å²) < 4.78 is 5.29. The second-order valence-electron chi connectivity index (χ2n) is 4.10. The van der Waals surface area contributed by atoms with E-state index in [1.807, 2.05) is 0 Å². The highest BCUT2D eigenvalue weighted by atomic mass is 16.5. The zero-order valence-electron chi connectivity index (χ0n) is 8.88. The lowest BCUT2D eigenvalue weighted by atomic mass is 10.1. The van der Waals surface area contributed by atoms with Crippen LogP contribution >= 0.6 is 0 Å². The number of morpholine rings is 1. The van der Waals surface area contributed by atoms with Crippen LogP contribution in [0.25, 0.3) is 0 Å². The van der Waals surface area contributed by atoms with Gasteiger partial charge in [0.05, 0.1) is 13.2 Å². The van der Waals surface area contributed by atoms with Crippen molar-refractivity contribution in [1.82, 2.24) is 4.90 Å². The molecule has 1 saturated heterocycles. The first kappa shape index (κ1) is 10.6. The lowest BCUT2D eigenvalue weighted by Gasteiger charge is -2.30. The normalized spacial score (nSPS) is 17.9. The molecule has 0 spiro atoms. The van der Waals surface area contributed by atoms with Crippen LogP contribution in [0.4, 0.5) is 0 Å². The first-order valence-electron chi connectivity index (χ1n) is 5.20. The fourth-order valence-electron chi connectivity index (χ4n) is 1.49. The Hall–Kier alpha value is -0.500. The van der Waals surface area contributed by atoms with Crippen LogP contribution in [0, 0.1) is 5.92 Å². The molecule has 1 rings (SSSR count). The van der Waals surface area contributed by atoms with Gasteiger partial charge in [-0.25, -0.2) is 0 Å². The molecule has 0 aromatic heterocycles. The molecule has 2 nitrogen and oxygen atoms in total. The summed E-state index contributed by atoms with van der Waals surface area (Å²) in [6.45, 7) is 12.4. The van der Waals surface area contributed by atoms with Crippen LogP contribution in [0.5, 0.6) is 0 Å². The van der Waals surface area contributed by atoms with Crippen LogP contribution in [-0.2, 0) is 4.74 Å². The second kappa shape index (κ2) is 5.28. The maximum Gasteiger partial charge on any atom is 0.0642 e. The fraction of sp³-hybridized carbons (Fsp3) is 0.818. The second-order valence-corrected chi connectivity index (χ2v) is 4.10. The zero-order chi connectivity index (χ0) is 9.68. The summed E-state index contributed by atoms with van der Waals surface area (Å²) in [5, 5.41) is 0. The van der Waals surface area contributed by atoms with Gasteiger partial charge in [0.25, 0.3) is 0 Å². The van der Waals surface area contributed by atoms with Crippen molar-refractivity contribution in [3.05, 3.63) is 12.3 Å². The summed E-state index contributed by atoms with van der Waals surface area (Å²) in [4.78, 5) is 2.35. The summed E-state index contributed by atoms with van der Waals surface area (Å²) in [7, 11) is 0. The predicted octanol–water partition coefficient (Wildman–Crippen LogP) is 2.27. The van der Waals surface area contributed by atoms with E-state index in [-0.39, 0.29) is 0 Å². The molecule has 0 bridgehead atoms. The van der Waals surface area contributed by atoms with Gasteiger partial charge in [-0.1, -0.05) is 20.4 Å².